The van der Waals surface area contributed by atoms with Gasteiger partial charge in [0, 0.05) is 10.8 Å². The predicted octanol–water partition coefficient (Wildman–Crippen LogP) is 1.80. The number of halogens is 1. The lowest BCUT2D eigenvalue weighted by atomic mass is 10.9. The van der Waals surface area contributed by atoms with Crippen molar-refractivity contribution in [2.45, 2.75) is 6.92 Å². The molecule has 0 saturated carbocycles. The molecule has 2 N–H and O–H groups in total. The lowest BCUT2D eigenvalue weighted by Crippen LogP contribution is -1.96. The van der Waals surface area contributed by atoms with Gasteiger partial charge in [-0.25, -0.2) is 0 Å². The summed E-state index contributed by atoms with van der Waals surface area (Å²) >= 11 is 2.03. The normalized spacial score (nSPS) is 13.3. The van der Waals surface area contributed by atoms with Crippen LogP contribution in [0.5, 0.6) is 0 Å². The second kappa shape index (κ2) is 5.60. The molecule has 0 aliphatic heterocycles. The predicted molar refractivity (Wildman–Crippen MR) is 48.4 cm³/mol. The zero-order valence-corrected chi connectivity index (χ0v) is 7.98. The van der Waals surface area contributed by atoms with Crippen molar-refractivity contribution in [2.75, 3.05) is 10.4 Å². The van der Waals surface area contributed by atoms with E-state index in [-0.39, 0.29) is 0 Å². The Morgan fingerprint density at radius 2 is 2.22 bits per heavy atom. The summed E-state index contributed by atoms with van der Waals surface area (Å²) in [5.41, 5.74) is 0. The smallest absolute Gasteiger partial charge is 0.231 e. The highest BCUT2D eigenvalue weighted by atomic mass is 127. The minimum Gasteiger partial charge on any atom is -0.335 e. The number of rotatable bonds is 3. The van der Waals surface area contributed by atoms with Crippen molar-refractivity contribution in [1.82, 2.24) is 0 Å². The van der Waals surface area contributed by atoms with Crippen LogP contribution in [0.2, 0.25) is 0 Å². The minimum absolute atomic E-state index is 0.511. The van der Waals surface area contributed by atoms with Crippen molar-refractivity contribution >= 4 is 38.6 Å². The van der Waals surface area contributed by atoms with Crippen LogP contribution in [-0.2, 0) is 4.18 Å². The van der Waals surface area contributed by atoms with Crippen molar-refractivity contribution in [2.24, 2.45) is 0 Å². The molecule has 9 heavy (non-hydrogen) atoms. The molecule has 0 aromatic rings. The molecule has 0 aliphatic rings. The van der Waals surface area contributed by atoms with E-state index < -0.39 is 16.0 Å². The Hall–Kier alpha value is 0.830. The average Bonchev–Trinajstić information content (AvgIpc) is 1.82. The molecule has 0 bridgehead atoms. The molecule has 3 nitrogen and oxygen atoms in total. The van der Waals surface area contributed by atoms with Crippen molar-refractivity contribution in [1.29, 1.82) is 0 Å². The van der Waals surface area contributed by atoms with Gasteiger partial charge in [0.25, 0.3) is 0 Å². The Morgan fingerprint density at radius 3 is 2.33 bits per heavy atom. The van der Waals surface area contributed by atoms with Crippen LogP contribution >= 0.6 is 33.4 Å². The highest BCUT2D eigenvalue weighted by Crippen LogP contribution is 2.17. The van der Waals surface area contributed by atoms with E-state index in [0.717, 1.165) is 0 Å². The summed E-state index contributed by atoms with van der Waals surface area (Å²) < 4.78 is 5.53. The van der Waals surface area contributed by atoms with Gasteiger partial charge in [-0.05, 0) is 6.92 Å². The molecule has 0 amide bonds. The zero-order chi connectivity index (χ0) is 7.28. The van der Waals surface area contributed by atoms with Gasteiger partial charge in [-0.2, -0.15) is 0 Å². The summed E-state index contributed by atoms with van der Waals surface area (Å²) in [6, 6.07) is 0. The van der Waals surface area contributed by atoms with Crippen LogP contribution < -0.4 is 0 Å². The van der Waals surface area contributed by atoms with Crippen molar-refractivity contribution < 1.29 is 14.4 Å². The fraction of sp³-hybridized carbons (Fsp3) is 0.750. The molecule has 0 spiro atoms. The summed E-state index contributed by atoms with van der Waals surface area (Å²) in [6.07, 6.45) is 0. The monoisotopic (exact) mass is 264 g/mol. The van der Waals surface area contributed by atoms with E-state index in [1.54, 1.807) is 0 Å². The van der Waals surface area contributed by atoms with Gasteiger partial charge in [0.2, 0.25) is 5.24 Å². The maximum atomic E-state index is 8.50. The summed E-state index contributed by atoms with van der Waals surface area (Å²) in [5, 5.41) is 16.4. The van der Waals surface area contributed by atoms with Crippen LogP contribution in [0, 0.1) is 0 Å². The van der Waals surface area contributed by atoms with Crippen molar-refractivity contribution in [3.63, 3.8) is 0 Å². The first-order valence-electron chi connectivity index (χ1n) is 2.37. The van der Waals surface area contributed by atoms with E-state index >= 15 is 0 Å². The second-order valence-corrected chi connectivity index (χ2v) is 4.52. The van der Waals surface area contributed by atoms with Crippen molar-refractivity contribution in [3.05, 3.63) is 0 Å². The molecule has 0 heterocycles. The first kappa shape index (κ1) is 9.83. The summed E-state index contributed by atoms with van der Waals surface area (Å²) in [7, 11) is -0.769. The molecular weight excluding hydrogens is 255 g/mol. The van der Waals surface area contributed by atoms with Gasteiger partial charge < -0.3 is 14.4 Å². The topological polar surface area (TPSA) is 49.7 Å². The molecule has 56 valence electrons. The Labute approximate surface area is 70.3 Å². The highest BCUT2D eigenvalue weighted by molar-refractivity contribution is 14.1. The largest absolute Gasteiger partial charge is 0.335 e. The molecule has 1 atom stereocenters. The molecule has 5 heteroatoms. The lowest BCUT2D eigenvalue weighted by molar-refractivity contribution is 0.365. The standard InChI is InChI=1S/C4H9IO3S/c1-2-8-9(3-5)4(6)7/h6-7H,2-3H2,1H3. The second-order valence-electron chi connectivity index (χ2n) is 1.14. The molecule has 0 radical (unpaired) electrons. The highest BCUT2D eigenvalue weighted by Gasteiger charge is 1.96. The third-order valence-electron chi connectivity index (χ3n) is 0.563. The maximum absolute atomic E-state index is 8.50. The Balaban J connectivity index is 3.83. The van der Waals surface area contributed by atoms with Crippen LogP contribution in [0.15, 0.2) is 0 Å². The van der Waals surface area contributed by atoms with Crippen LogP contribution in [0.3, 0.4) is 0 Å². The average molecular weight is 264 g/mol. The zero-order valence-electron chi connectivity index (χ0n) is 5.00. The van der Waals surface area contributed by atoms with Gasteiger partial charge >= 0.3 is 0 Å². The summed E-state index contributed by atoms with van der Waals surface area (Å²) in [4.78, 5) is 0. The van der Waals surface area contributed by atoms with E-state index in [2.05, 4.69) is 0 Å². The quantitative estimate of drug-likeness (QED) is 0.464. The third kappa shape index (κ3) is 4.26. The van der Waals surface area contributed by atoms with Crippen LogP contribution in [0.25, 0.3) is 0 Å². The Kier molecular flexibility index (Phi) is 6.12. The van der Waals surface area contributed by atoms with E-state index in [1.807, 2.05) is 29.5 Å². The third-order valence-corrected chi connectivity index (χ3v) is 3.39. The van der Waals surface area contributed by atoms with Gasteiger partial charge in [-0.3, -0.25) is 0 Å². The summed E-state index contributed by atoms with van der Waals surface area (Å²) in [5.74, 6) is 0. The first-order chi connectivity index (χ1) is 4.22. The van der Waals surface area contributed by atoms with Crippen LogP contribution in [0.4, 0.5) is 0 Å². The molecule has 0 saturated heterocycles. The molecule has 0 aromatic carbocycles. The summed E-state index contributed by atoms with van der Waals surface area (Å²) in [6.45, 7) is 2.33. The number of hydrogen-bond acceptors (Lipinski definition) is 1. The van der Waals surface area contributed by atoms with E-state index in [0.29, 0.717) is 10.4 Å². The number of aliphatic hydroxyl groups excluding tert-OH is 1. The molecule has 1 unspecified atom stereocenters. The maximum Gasteiger partial charge on any atom is 0.231 e. The Morgan fingerprint density at radius 1 is 1.67 bits per heavy atom. The fourth-order valence-electron chi connectivity index (χ4n) is 0.275. The molecular formula is C4H9IO3S. The van der Waals surface area contributed by atoms with E-state index in [9.17, 15) is 0 Å². The van der Waals surface area contributed by atoms with E-state index in [4.69, 9.17) is 14.4 Å². The molecule has 0 fully saturated rings. The van der Waals surface area contributed by atoms with Gasteiger partial charge in [0.05, 0.1) is 10.4 Å². The number of hydrogen-bond donors (Lipinski definition) is 2. The Bertz CT molecular complexity index is 110. The fourth-order valence-corrected chi connectivity index (χ4v) is 2.20. The lowest BCUT2D eigenvalue weighted by Gasteiger charge is -2.02. The molecule has 0 aromatic heterocycles. The van der Waals surface area contributed by atoms with E-state index in [1.165, 1.54) is 0 Å². The van der Waals surface area contributed by atoms with Crippen LogP contribution in [-0.4, -0.2) is 25.8 Å². The minimum atomic E-state index is -0.769. The number of alkyl halides is 1. The van der Waals surface area contributed by atoms with Gasteiger partial charge in [0.15, 0.2) is 0 Å². The number of aliphatic hydroxyl groups is 2. The van der Waals surface area contributed by atoms with Crippen molar-refractivity contribution in [3.8, 4) is 0 Å². The van der Waals surface area contributed by atoms with Gasteiger partial charge in [-0.1, -0.05) is 22.6 Å². The van der Waals surface area contributed by atoms with Crippen LogP contribution in [0.1, 0.15) is 6.92 Å². The van der Waals surface area contributed by atoms with Gasteiger partial charge in [-0.15, -0.1) is 0 Å². The van der Waals surface area contributed by atoms with Gasteiger partial charge in [0.1, 0.15) is 0 Å². The SMILES string of the molecule is CCOS(CI)=C(O)O. The molecule has 0 rings (SSSR count). The molecule has 0 aliphatic carbocycles. The first-order valence-corrected chi connectivity index (χ1v) is 5.21.